The van der Waals surface area contributed by atoms with Crippen LogP contribution in [0.25, 0.3) is 11.3 Å². The van der Waals surface area contributed by atoms with Crippen molar-refractivity contribution in [1.82, 2.24) is 10.1 Å². The molecule has 0 aliphatic carbocycles. The molecule has 1 amide bonds. The van der Waals surface area contributed by atoms with Gasteiger partial charge in [-0.3, -0.25) is 4.79 Å². The van der Waals surface area contributed by atoms with E-state index in [1.54, 1.807) is 7.11 Å². The minimum Gasteiger partial charge on any atom is -0.497 e. The van der Waals surface area contributed by atoms with E-state index in [0.717, 1.165) is 59.9 Å². The fourth-order valence-electron chi connectivity index (χ4n) is 3.53. The number of ether oxygens (including phenoxy) is 1. The number of nitrogens with zero attached hydrogens (tertiary/aromatic N) is 2. The Hall–Kier alpha value is -2.60. The van der Waals surface area contributed by atoms with Crippen LogP contribution in [0, 0.1) is 0 Å². The number of hydrogen-bond acceptors (Lipinski definition) is 5. The number of aromatic nitrogens is 1. The van der Waals surface area contributed by atoms with Gasteiger partial charge >= 0.3 is 0 Å². The average molecular weight is 382 g/mol. The van der Waals surface area contributed by atoms with Gasteiger partial charge < -0.3 is 14.2 Å². The predicted octanol–water partition coefficient (Wildman–Crippen LogP) is 5.17. The average Bonchev–Trinajstić information content (AvgIpc) is 3.36. The molecule has 1 aliphatic heterocycles. The van der Waals surface area contributed by atoms with E-state index < -0.39 is 0 Å². The van der Waals surface area contributed by atoms with Crippen LogP contribution in [0.4, 0.5) is 0 Å². The zero-order valence-corrected chi connectivity index (χ0v) is 16.1. The standard InChI is InChI=1S/C21H22N2O3S/c1-25-16-10-8-15(9-11-16)17-14-19(26-22-17)18-6-3-2-4-12-23(18)21(24)20-7-5-13-27-20/h5,7-11,13-14,18H,2-4,6,12H2,1H3/t18-/m0/s1. The van der Waals surface area contributed by atoms with E-state index in [4.69, 9.17) is 9.26 Å². The number of carbonyl (C=O) groups excluding carboxylic acids is 1. The van der Waals surface area contributed by atoms with E-state index in [2.05, 4.69) is 5.16 Å². The van der Waals surface area contributed by atoms with E-state index >= 15 is 0 Å². The Labute approximate surface area is 162 Å². The summed E-state index contributed by atoms with van der Waals surface area (Å²) in [6.45, 7) is 0.750. The van der Waals surface area contributed by atoms with Crippen LogP contribution in [-0.4, -0.2) is 29.6 Å². The van der Waals surface area contributed by atoms with Gasteiger partial charge in [-0.15, -0.1) is 11.3 Å². The lowest BCUT2D eigenvalue weighted by Gasteiger charge is -2.27. The number of benzene rings is 1. The van der Waals surface area contributed by atoms with Gasteiger partial charge in [0.2, 0.25) is 0 Å². The maximum atomic E-state index is 13.0. The number of hydrogen-bond donors (Lipinski definition) is 0. The summed E-state index contributed by atoms with van der Waals surface area (Å²) in [5, 5.41) is 6.19. The zero-order chi connectivity index (χ0) is 18.6. The minimum absolute atomic E-state index is 0.0680. The van der Waals surface area contributed by atoms with Crippen molar-refractivity contribution in [3.8, 4) is 17.0 Å². The summed E-state index contributed by atoms with van der Waals surface area (Å²) in [5.41, 5.74) is 1.75. The summed E-state index contributed by atoms with van der Waals surface area (Å²) in [6.07, 6.45) is 4.13. The van der Waals surface area contributed by atoms with Crippen LogP contribution < -0.4 is 4.74 Å². The van der Waals surface area contributed by atoms with Crippen molar-refractivity contribution in [3.63, 3.8) is 0 Å². The van der Waals surface area contributed by atoms with Crippen molar-refractivity contribution in [2.45, 2.75) is 31.7 Å². The van der Waals surface area contributed by atoms with Gasteiger partial charge in [0.25, 0.3) is 5.91 Å². The van der Waals surface area contributed by atoms with Crippen molar-refractivity contribution >= 4 is 17.2 Å². The fourth-order valence-corrected chi connectivity index (χ4v) is 4.21. The molecule has 3 heterocycles. The number of rotatable bonds is 4. The van der Waals surface area contributed by atoms with Crippen molar-refractivity contribution in [1.29, 1.82) is 0 Å². The SMILES string of the molecule is COc1ccc(-c2cc([C@@H]3CCCCCN3C(=O)c3cccs3)on2)cc1. The second-order valence-electron chi connectivity index (χ2n) is 6.68. The van der Waals surface area contributed by atoms with Crippen LogP contribution in [0.1, 0.15) is 47.2 Å². The Morgan fingerprint density at radius 1 is 1.22 bits per heavy atom. The lowest BCUT2D eigenvalue weighted by Crippen LogP contribution is -2.34. The normalized spacial score (nSPS) is 17.5. The molecule has 0 N–H and O–H groups in total. The molecule has 6 heteroatoms. The third kappa shape index (κ3) is 3.76. The summed E-state index contributed by atoms with van der Waals surface area (Å²) in [7, 11) is 1.65. The van der Waals surface area contributed by atoms with E-state index in [0.29, 0.717) is 0 Å². The topological polar surface area (TPSA) is 55.6 Å². The first-order valence-electron chi connectivity index (χ1n) is 9.22. The molecular weight excluding hydrogens is 360 g/mol. The van der Waals surface area contributed by atoms with Gasteiger partial charge in [-0.25, -0.2) is 0 Å². The highest BCUT2D eigenvalue weighted by Crippen LogP contribution is 2.34. The molecule has 1 aromatic carbocycles. The molecule has 1 atom stereocenters. The van der Waals surface area contributed by atoms with Crippen molar-refractivity contribution in [3.05, 3.63) is 58.5 Å². The molecular formula is C21H22N2O3S. The molecule has 0 radical (unpaired) electrons. The monoisotopic (exact) mass is 382 g/mol. The molecule has 3 aromatic rings. The molecule has 2 aromatic heterocycles. The summed E-state index contributed by atoms with van der Waals surface area (Å²) >= 11 is 1.48. The quantitative estimate of drug-likeness (QED) is 0.625. The van der Waals surface area contributed by atoms with Crippen LogP contribution in [0.2, 0.25) is 0 Å². The number of amides is 1. The van der Waals surface area contributed by atoms with Crippen LogP contribution in [0.5, 0.6) is 5.75 Å². The van der Waals surface area contributed by atoms with E-state index in [1.165, 1.54) is 11.3 Å². The van der Waals surface area contributed by atoms with Crippen LogP contribution in [-0.2, 0) is 0 Å². The summed E-state index contributed by atoms with van der Waals surface area (Å²) < 4.78 is 10.9. The summed E-state index contributed by atoms with van der Waals surface area (Å²) in [5.74, 6) is 1.64. The van der Waals surface area contributed by atoms with Crippen LogP contribution >= 0.6 is 11.3 Å². The maximum absolute atomic E-state index is 13.0. The second kappa shape index (κ2) is 7.96. The van der Waals surface area contributed by atoms with Crippen molar-refractivity contribution in [2.24, 2.45) is 0 Å². The van der Waals surface area contributed by atoms with Gasteiger partial charge in [-0.1, -0.05) is 24.1 Å². The van der Waals surface area contributed by atoms with Crippen molar-refractivity contribution < 1.29 is 14.1 Å². The van der Waals surface area contributed by atoms with Gasteiger partial charge in [0.05, 0.1) is 18.0 Å². The molecule has 0 spiro atoms. The first-order valence-corrected chi connectivity index (χ1v) is 10.1. The maximum Gasteiger partial charge on any atom is 0.264 e. The number of likely N-dealkylation sites (tertiary alicyclic amines) is 1. The van der Waals surface area contributed by atoms with Crippen LogP contribution in [0.3, 0.4) is 0 Å². The molecule has 1 aliphatic rings. The molecule has 27 heavy (non-hydrogen) atoms. The third-order valence-corrected chi connectivity index (χ3v) is 5.85. The first kappa shape index (κ1) is 17.8. The minimum atomic E-state index is -0.0680. The largest absolute Gasteiger partial charge is 0.497 e. The molecule has 0 bridgehead atoms. The number of thiophene rings is 1. The number of methoxy groups -OCH3 is 1. The molecule has 0 unspecified atom stereocenters. The molecule has 0 saturated carbocycles. The Morgan fingerprint density at radius 3 is 2.81 bits per heavy atom. The summed E-state index contributed by atoms with van der Waals surface area (Å²) in [4.78, 5) is 15.7. The number of carbonyl (C=O) groups is 1. The van der Waals surface area contributed by atoms with Gasteiger partial charge in [0.1, 0.15) is 11.4 Å². The molecule has 1 fully saturated rings. The lowest BCUT2D eigenvalue weighted by molar-refractivity contribution is 0.0656. The molecule has 1 saturated heterocycles. The fraction of sp³-hybridized carbons (Fsp3) is 0.333. The highest BCUT2D eigenvalue weighted by atomic mass is 32.1. The Bertz CT molecular complexity index is 887. The molecule has 5 nitrogen and oxygen atoms in total. The van der Waals surface area contributed by atoms with Crippen LogP contribution in [0.15, 0.2) is 52.4 Å². The Kier molecular flexibility index (Phi) is 5.25. The van der Waals surface area contributed by atoms with E-state index in [-0.39, 0.29) is 11.9 Å². The predicted molar refractivity (Wildman–Crippen MR) is 105 cm³/mol. The molecule has 140 valence electrons. The summed E-state index contributed by atoms with van der Waals surface area (Å²) in [6, 6.07) is 13.4. The zero-order valence-electron chi connectivity index (χ0n) is 15.3. The van der Waals surface area contributed by atoms with E-state index in [9.17, 15) is 4.79 Å². The smallest absolute Gasteiger partial charge is 0.264 e. The van der Waals surface area contributed by atoms with Gasteiger partial charge in [0.15, 0.2) is 5.76 Å². The van der Waals surface area contributed by atoms with Gasteiger partial charge in [-0.05, 0) is 48.6 Å². The van der Waals surface area contributed by atoms with Crippen molar-refractivity contribution in [2.75, 3.05) is 13.7 Å². The Balaban J connectivity index is 1.61. The second-order valence-corrected chi connectivity index (χ2v) is 7.63. The lowest BCUT2D eigenvalue weighted by atomic mass is 10.1. The van der Waals surface area contributed by atoms with Gasteiger partial charge in [-0.2, -0.15) is 0 Å². The highest BCUT2D eigenvalue weighted by molar-refractivity contribution is 7.12. The Morgan fingerprint density at radius 2 is 2.07 bits per heavy atom. The molecule has 4 rings (SSSR count). The third-order valence-electron chi connectivity index (χ3n) is 4.99. The van der Waals surface area contributed by atoms with Gasteiger partial charge in [0, 0.05) is 18.2 Å². The first-order chi connectivity index (χ1) is 13.3. The highest BCUT2D eigenvalue weighted by Gasteiger charge is 2.31. The van der Waals surface area contributed by atoms with E-state index in [1.807, 2.05) is 52.7 Å².